The molecule has 1 aromatic carbocycles. The molecule has 0 atom stereocenters. The summed E-state index contributed by atoms with van der Waals surface area (Å²) in [4.78, 5) is 32.4. The van der Waals surface area contributed by atoms with Crippen molar-refractivity contribution in [1.29, 1.82) is 0 Å². The Morgan fingerprint density at radius 1 is 1.29 bits per heavy atom. The molecule has 28 heavy (non-hydrogen) atoms. The first-order valence-corrected chi connectivity index (χ1v) is 11.3. The molecule has 5 nitrogen and oxygen atoms in total. The lowest BCUT2D eigenvalue weighted by atomic mass is 9.97. The van der Waals surface area contributed by atoms with E-state index in [4.69, 9.17) is 4.98 Å². The highest BCUT2D eigenvalue weighted by Crippen LogP contribution is 2.35. The van der Waals surface area contributed by atoms with E-state index in [1.807, 2.05) is 26.0 Å². The van der Waals surface area contributed by atoms with Crippen molar-refractivity contribution in [2.24, 2.45) is 0 Å². The summed E-state index contributed by atoms with van der Waals surface area (Å²) in [6, 6.07) is 6.06. The maximum absolute atomic E-state index is 13.6. The molecule has 146 valence electrons. The Hall–Kier alpha value is -2.12. The van der Waals surface area contributed by atoms with Crippen LogP contribution < -0.4 is 10.9 Å². The number of hydrogen-bond acceptors (Lipinski definition) is 5. The van der Waals surface area contributed by atoms with E-state index >= 15 is 0 Å². The number of amides is 1. The number of aromatic nitrogens is 2. The molecule has 0 saturated carbocycles. The Kier molecular flexibility index (Phi) is 5.29. The minimum atomic E-state index is -0.0861. The fourth-order valence-electron chi connectivity index (χ4n) is 3.75. The highest BCUT2D eigenvalue weighted by atomic mass is 32.2. The number of nitrogens with one attached hydrogen (secondary N) is 1. The van der Waals surface area contributed by atoms with Crippen LogP contribution in [0.3, 0.4) is 0 Å². The Balaban J connectivity index is 1.96. The SMILES string of the molecule is CNC(=O)CSc1nc2sc3c(c2c(=O)n1-c1ccc(C)cc1C)CCCC3. The lowest BCUT2D eigenvalue weighted by Crippen LogP contribution is -2.25. The molecule has 0 spiro atoms. The normalized spacial score (nSPS) is 13.5. The Morgan fingerprint density at radius 2 is 2.07 bits per heavy atom. The van der Waals surface area contributed by atoms with Crippen LogP contribution in [0.4, 0.5) is 0 Å². The lowest BCUT2D eigenvalue weighted by molar-refractivity contribution is -0.118. The number of thiophene rings is 1. The van der Waals surface area contributed by atoms with Gasteiger partial charge in [-0.3, -0.25) is 14.2 Å². The van der Waals surface area contributed by atoms with Gasteiger partial charge in [-0.05, 0) is 56.7 Å². The third-order valence-electron chi connectivity index (χ3n) is 5.16. The minimum Gasteiger partial charge on any atom is -0.358 e. The highest BCUT2D eigenvalue weighted by Gasteiger charge is 2.23. The molecule has 2 aromatic heterocycles. The zero-order valence-corrected chi connectivity index (χ0v) is 17.9. The zero-order valence-electron chi connectivity index (χ0n) is 16.3. The first-order chi connectivity index (χ1) is 13.5. The molecule has 1 amide bonds. The Labute approximate surface area is 172 Å². The fraction of sp³-hybridized carbons (Fsp3) is 0.381. The van der Waals surface area contributed by atoms with E-state index in [1.54, 1.807) is 23.0 Å². The maximum atomic E-state index is 13.6. The van der Waals surface area contributed by atoms with Crippen LogP contribution >= 0.6 is 23.1 Å². The molecule has 0 bridgehead atoms. The van der Waals surface area contributed by atoms with Crippen molar-refractivity contribution < 1.29 is 4.79 Å². The number of thioether (sulfide) groups is 1. The summed E-state index contributed by atoms with van der Waals surface area (Å²) in [6.07, 6.45) is 4.27. The van der Waals surface area contributed by atoms with Crippen LogP contribution in [0, 0.1) is 13.8 Å². The average molecular weight is 414 g/mol. The standard InChI is InChI=1S/C21H23N3O2S2/c1-12-8-9-15(13(2)10-12)24-20(26)18-14-6-4-5-7-16(14)28-19(18)23-21(24)27-11-17(25)22-3/h8-10H,4-7,11H2,1-3H3,(H,22,25). The highest BCUT2D eigenvalue weighted by molar-refractivity contribution is 7.99. The van der Waals surface area contributed by atoms with Gasteiger partial charge < -0.3 is 5.32 Å². The van der Waals surface area contributed by atoms with Gasteiger partial charge in [0, 0.05) is 11.9 Å². The molecule has 3 aromatic rings. The summed E-state index contributed by atoms with van der Waals surface area (Å²) < 4.78 is 1.70. The van der Waals surface area contributed by atoms with E-state index in [1.165, 1.54) is 28.6 Å². The van der Waals surface area contributed by atoms with Crippen LogP contribution in [0.5, 0.6) is 0 Å². The molecule has 7 heteroatoms. The van der Waals surface area contributed by atoms with E-state index < -0.39 is 0 Å². The number of hydrogen-bond donors (Lipinski definition) is 1. The minimum absolute atomic E-state index is 0.0178. The second kappa shape index (κ2) is 7.72. The van der Waals surface area contributed by atoms with Gasteiger partial charge in [0.05, 0.1) is 16.8 Å². The first-order valence-electron chi connectivity index (χ1n) is 9.48. The first kappa shape index (κ1) is 19.2. The topological polar surface area (TPSA) is 64.0 Å². The summed E-state index contributed by atoms with van der Waals surface area (Å²) in [7, 11) is 1.62. The van der Waals surface area contributed by atoms with Crippen molar-refractivity contribution in [3.63, 3.8) is 0 Å². The van der Waals surface area contributed by atoms with E-state index in [0.29, 0.717) is 5.16 Å². The van der Waals surface area contributed by atoms with Crippen molar-refractivity contribution in [3.8, 4) is 5.69 Å². The summed E-state index contributed by atoms with van der Waals surface area (Å²) >= 11 is 2.95. The van der Waals surface area contributed by atoms with Gasteiger partial charge in [0.15, 0.2) is 5.16 Å². The van der Waals surface area contributed by atoms with Crippen molar-refractivity contribution in [1.82, 2.24) is 14.9 Å². The van der Waals surface area contributed by atoms with Gasteiger partial charge in [-0.1, -0.05) is 29.5 Å². The van der Waals surface area contributed by atoms with Gasteiger partial charge in [-0.25, -0.2) is 4.98 Å². The number of carbonyl (C=O) groups excluding carboxylic acids is 1. The summed E-state index contributed by atoms with van der Waals surface area (Å²) in [5, 5.41) is 3.98. The molecule has 1 aliphatic carbocycles. The van der Waals surface area contributed by atoms with Crippen molar-refractivity contribution in [3.05, 3.63) is 50.1 Å². The maximum Gasteiger partial charge on any atom is 0.267 e. The molecule has 2 heterocycles. The van der Waals surface area contributed by atoms with Gasteiger partial charge in [-0.2, -0.15) is 0 Å². The third kappa shape index (κ3) is 3.37. The largest absolute Gasteiger partial charge is 0.358 e. The molecule has 1 N–H and O–H groups in total. The fourth-order valence-corrected chi connectivity index (χ4v) is 5.93. The van der Waals surface area contributed by atoms with Gasteiger partial charge >= 0.3 is 0 Å². The molecule has 0 saturated heterocycles. The van der Waals surface area contributed by atoms with Crippen LogP contribution in [0.25, 0.3) is 15.9 Å². The monoisotopic (exact) mass is 413 g/mol. The summed E-state index contributed by atoms with van der Waals surface area (Å²) in [6.45, 7) is 4.05. The van der Waals surface area contributed by atoms with Gasteiger partial charge in [0.25, 0.3) is 5.56 Å². The zero-order chi connectivity index (χ0) is 19.8. The van der Waals surface area contributed by atoms with E-state index in [2.05, 4.69) is 11.4 Å². The number of rotatable bonds is 4. The molecular formula is C21H23N3O2S2. The number of carbonyl (C=O) groups is 1. The number of aryl methyl sites for hydroxylation is 4. The van der Waals surface area contributed by atoms with Crippen molar-refractivity contribution >= 4 is 39.2 Å². The molecule has 0 radical (unpaired) electrons. The van der Waals surface area contributed by atoms with E-state index in [9.17, 15) is 9.59 Å². The number of benzene rings is 1. The summed E-state index contributed by atoms with van der Waals surface area (Å²) in [5.41, 5.74) is 4.17. The molecule has 0 unspecified atom stereocenters. The number of nitrogens with zero attached hydrogens (tertiary/aromatic N) is 2. The van der Waals surface area contributed by atoms with Gasteiger partial charge in [0.1, 0.15) is 4.83 Å². The third-order valence-corrected chi connectivity index (χ3v) is 7.29. The summed E-state index contributed by atoms with van der Waals surface area (Å²) in [5.74, 6) is 0.141. The van der Waals surface area contributed by atoms with Crippen LogP contribution in [0.2, 0.25) is 0 Å². The van der Waals surface area contributed by atoms with Crippen molar-refractivity contribution in [2.45, 2.75) is 44.7 Å². The second-order valence-electron chi connectivity index (χ2n) is 7.18. The molecule has 0 fully saturated rings. The Bertz CT molecular complexity index is 1130. The molecular weight excluding hydrogens is 390 g/mol. The Morgan fingerprint density at radius 3 is 2.82 bits per heavy atom. The smallest absolute Gasteiger partial charge is 0.267 e. The number of fused-ring (bicyclic) bond motifs is 3. The van der Waals surface area contributed by atoms with Crippen LogP contribution in [0.15, 0.2) is 28.2 Å². The average Bonchev–Trinajstić information content (AvgIpc) is 3.05. The molecule has 4 rings (SSSR count). The van der Waals surface area contributed by atoms with Crippen LogP contribution in [-0.4, -0.2) is 28.3 Å². The van der Waals surface area contributed by atoms with Gasteiger partial charge in [-0.15, -0.1) is 11.3 Å². The predicted molar refractivity (Wildman–Crippen MR) is 116 cm³/mol. The molecule has 0 aliphatic heterocycles. The van der Waals surface area contributed by atoms with Crippen LogP contribution in [-0.2, 0) is 17.6 Å². The quantitative estimate of drug-likeness (QED) is 0.522. The van der Waals surface area contributed by atoms with Gasteiger partial charge in [0.2, 0.25) is 5.91 Å². The predicted octanol–water partition coefficient (Wildman–Crippen LogP) is 3.78. The van der Waals surface area contributed by atoms with Crippen molar-refractivity contribution in [2.75, 3.05) is 12.8 Å². The second-order valence-corrected chi connectivity index (χ2v) is 9.20. The van der Waals surface area contributed by atoms with E-state index in [0.717, 1.165) is 46.3 Å². The van der Waals surface area contributed by atoms with Crippen LogP contribution in [0.1, 0.15) is 34.4 Å². The lowest BCUT2D eigenvalue weighted by Gasteiger charge is -2.15. The molecule has 1 aliphatic rings. The van der Waals surface area contributed by atoms with E-state index in [-0.39, 0.29) is 17.2 Å².